The van der Waals surface area contributed by atoms with Crippen LogP contribution in [0.2, 0.25) is 0 Å². The molecule has 0 saturated heterocycles. The summed E-state index contributed by atoms with van der Waals surface area (Å²) in [5, 5.41) is 8.62. The summed E-state index contributed by atoms with van der Waals surface area (Å²) >= 11 is 1.70. The van der Waals surface area contributed by atoms with Crippen LogP contribution in [-0.4, -0.2) is 4.98 Å². The molecular weight excluding hydrogens is 635 g/mol. The Kier molecular flexibility index (Phi) is 15.2. The molecule has 0 aliphatic rings. The van der Waals surface area contributed by atoms with Gasteiger partial charge in [0.2, 0.25) is 0 Å². The molecule has 0 aliphatic heterocycles. The van der Waals surface area contributed by atoms with E-state index in [1.165, 1.54) is 22.3 Å². The van der Waals surface area contributed by atoms with Crippen LogP contribution in [0.3, 0.4) is 0 Å². The van der Waals surface area contributed by atoms with Gasteiger partial charge in [-0.3, -0.25) is 0 Å². The molecule has 0 amide bonds. The maximum atomic E-state index is 5.42. The Morgan fingerprint density at radius 1 is 0.757 bits per heavy atom. The van der Waals surface area contributed by atoms with Gasteiger partial charge in [0, 0.05) is 36.8 Å². The van der Waals surface area contributed by atoms with E-state index in [4.69, 9.17) is 10.3 Å². The fourth-order valence-electron chi connectivity index (χ4n) is 4.15. The first-order chi connectivity index (χ1) is 16.0. The molecule has 0 fully saturated rings. The molecule has 3 aromatic carbocycles. The van der Waals surface area contributed by atoms with Gasteiger partial charge in [0.25, 0.3) is 0 Å². The third-order valence-corrected chi connectivity index (χ3v) is 7.03. The van der Waals surface area contributed by atoms with E-state index in [0.29, 0.717) is 11.8 Å². The van der Waals surface area contributed by atoms with Gasteiger partial charge >= 0.3 is 0 Å². The van der Waals surface area contributed by atoms with Gasteiger partial charge in [-0.15, -0.1) is 17.0 Å². The summed E-state index contributed by atoms with van der Waals surface area (Å²) in [5.74, 6) is 0.811. The van der Waals surface area contributed by atoms with Crippen LogP contribution in [0.4, 0.5) is 5.69 Å². The molecule has 198 valence electrons. The first-order valence-corrected chi connectivity index (χ1v) is 12.8. The molecule has 1 heterocycles. The van der Waals surface area contributed by atoms with Crippen molar-refractivity contribution in [2.75, 3.05) is 0 Å². The first-order valence-electron chi connectivity index (χ1n) is 11.9. The number of hydrogen-bond donors (Lipinski definition) is 0. The van der Waals surface area contributed by atoms with Gasteiger partial charge < -0.3 is 27.6 Å². The molecule has 0 aliphatic carbocycles. The second kappa shape index (κ2) is 16.0. The van der Waals surface area contributed by atoms with Gasteiger partial charge in [-0.2, -0.15) is 0 Å². The van der Waals surface area contributed by atoms with Crippen molar-refractivity contribution in [1.82, 2.24) is 4.98 Å². The van der Waals surface area contributed by atoms with E-state index in [-0.39, 0.29) is 54.2 Å². The summed E-state index contributed by atoms with van der Waals surface area (Å²) in [6, 6.07) is 25.8. The van der Waals surface area contributed by atoms with Gasteiger partial charge in [-0.1, -0.05) is 124 Å². The normalized spacial score (nSPS) is 11.0. The molecule has 1 aromatic heterocycles. The molecule has 0 radical (unpaired) electrons. The third kappa shape index (κ3) is 8.22. The van der Waals surface area contributed by atoms with Gasteiger partial charge in [-0.05, 0) is 29.9 Å². The molecule has 1 atom stereocenters. The van der Waals surface area contributed by atoms with Crippen LogP contribution in [0.1, 0.15) is 79.8 Å². The predicted molar refractivity (Wildman–Crippen MR) is 162 cm³/mol. The summed E-state index contributed by atoms with van der Waals surface area (Å²) in [6.07, 6.45) is 1.05. The zero-order valence-corrected chi connectivity index (χ0v) is 28.2. The number of aromatic nitrogens is 1. The van der Waals surface area contributed by atoms with Crippen molar-refractivity contribution in [2.24, 2.45) is 0 Å². The van der Waals surface area contributed by atoms with E-state index in [1.54, 1.807) is 11.3 Å². The second-order valence-corrected chi connectivity index (χ2v) is 10.0. The first kappa shape index (κ1) is 35.0. The number of thiazole rings is 1. The minimum Gasteiger partial charge on any atom is -0.672 e. The largest absolute Gasteiger partial charge is 0.672 e. The van der Waals surface area contributed by atoms with Crippen molar-refractivity contribution < 1.29 is 25.8 Å². The Bertz CT molecular complexity index is 1150. The zero-order chi connectivity index (χ0) is 23.4. The van der Waals surface area contributed by atoms with Crippen molar-refractivity contribution in [1.29, 1.82) is 0 Å². The molecule has 4 heteroatoms. The fraction of sp³-hybridized carbons (Fsp3) is 0.273. The van der Waals surface area contributed by atoms with Crippen LogP contribution >= 0.6 is 11.3 Å². The maximum absolute atomic E-state index is 5.42. The van der Waals surface area contributed by atoms with Gasteiger partial charge in [-0.25, -0.2) is 4.98 Å². The van der Waals surface area contributed by atoms with Crippen LogP contribution in [-0.2, 0) is 32.3 Å². The van der Waals surface area contributed by atoms with Crippen LogP contribution < -0.4 is 0 Å². The second-order valence-electron chi connectivity index (χ2n) is 9.16. The SMILES string of the molecule is CCc1ccc(-c2csc(C([N-]c3c(C(C)C)cccc3C(C)C)c3ccccc3)n2)cc1.[CH3-].[CH3-].[CH3-].[Hf]. The van der Waals surface area contributed by atoms with E-state index in [9.17, 15) is 0 Å². The Hall–Kier alpha value is -2.04. The number of aryl methyl sites for hydroxylation is 1. The minimum absolute atomic E-state index is 0. The number of benzene rings is 3. The van der Waals surface area contributed by atoms with E-state index in [2.05, 4.69) is 113 Å². The fourth-order valence-corrected chi connectivity index (χ4v) is 5.04. The third-order valence-electron chi connectivity index (χ3n) is 6.13. The maximum Gasteiger partial charge on any atom is 0.0831 e. The summed E-state index contributed by atoms with van der Waals surface area (Å²) in [4.78, 5) is 5.08. The smallest absolute Gasteiger partial charge is 0.0831 e. The average molecular weight is 677 g/mol. The minimum atomic E-state index is -0.128. The zero-order valence-electron chi connectivity index (χ0n) is 23.7. The summed E-state index contributed by atoms with van der Waals surface area (Å²) in [6.45, 7) is 11.2. The molecule has 2 nitrogen and oxygen atoms in total. The number of hydrogen-bond acceptors (Lipinski definition) is 2. The van der Waals surface area contributed by atoms with E-state index < -0.39 is 0 Å². The van der Waals surface area contributed by atoms with Crippen LogP contribution in [0, 0.1) is 22.3 Å². The molecule has 0 spiro atoms. The Morgan fingerprint density at radius 3 is 1.84 bits per heavy atom. The average Bonchev–Trinajstić information content (AvgIpc) is 3.32. The molecule has 0 saturated carbocycles. The summed E-state index contributed by atoms with van der Waals surface area (Å²) < 4.78 is 0. The predicted octanol–water partition coefficient (Wildman–Crippen LogP) is 10.8. The molecule has 0 N–H and O–H groups in total. The molecule has 0 bridgehead atoms. The van der Waals surface area contributed by atoms with Gasteiger partial charge in [0.05, 0.1) is 10.7 Å². The van der Waals surface area contributed by atoms with E-state index in [0.717, 1.165) is 28.4 Å². The Labute approximate surface area is 249 Å². The standard InChI is InChI=1S/C30H33N2S.3CH3.Hf/c1-6-22-15-17-23(18-16-22)27-19-33-30(31-27)28(24-11-8-7-9-12-24)32-29-25(20(2)3)13-10-14-26(29)21(4)5;;;;/h7-21,28H,6H2,1-5H3;3*1H3;/q4*-1;. The molecule has 4 rings (SSSR count). The van der Waals surface area contributed by atoms with Crippen LogP contribution in [0.15, 0.2) is 78.2 Å². The van der Waals surface area contributed by atoms with E-state index in [1.807, 2.05) is 0 Å². The summed E-state index contributed by atoms with van der Waals surface area (Å²) in [7, 11) is 0. The van der Waals surface area contributed by atoms with Crippen molar-refractivity contribution in [2.45, 2.75) is 58.9 Å². The number of para-hydroxylation sites is 1. The van der Waals surface area contributed by atoms with Crippen molar-refractivity contribution in [3.05, 3.63) is 133 Å². The summed E-state index contributed by atoms with van der Waals surface area (Å²) in [5.41, 5.74) is 8.43. The molecule has 1 unspecified atom stereocenters. The quantitative estimate of drug-likeness (QED) is 0.135. The number of rotatable bonds is 8. The topological polar surface area (TPSA) is 27.0 Å². The van der Waals surface area contributed by atoms with Gasteiger partial charge in [0.1, 0.15) is 0 Å². The Morgan fingerprint density at radius 2 is 1.32 bits per heavy atom. The van der Waals surface area contributed by atoms with E-state index >= 15 is 0 Å². The molecular formula is C33H42HfN2S-4. The van der Waals surface area contributed by atoms with Crippen molar-refractivity contribution in [3.63, 3.8) is 0 Å². The van der Waals surface area contributed by atoms with Crippen molar-refractivity contribution >= 4 is 17.0 Å². The van der Waals surface area contributed by atoms with Gasteiger partial charge in [0.15, 0.2) is 0 Å². The van der Waals surface area contributed by atoms with Crippen LogP contribution in [0.25, 0.3) is 16.6 Å². The van der Waals surface area contributed by atoms with Crippen molar-refractivity contribution in [3.8, 4) is 11.3 Å². The molecule has 4 aromatic rings. The number of nitrogens with zero attached hydrogens (tertiary/aromatic N) is 2. The van der Waals surface area contributed by atoms with Crippen LogP contribution in [0.5, 0.6) is 0 Å². The Balaban J connectivity index is 0.00000324. The monoisotopic (exact) mass is 678 g/mol. The molecule has 37 heavy (non-hydrogen) atoms.